The summed E-state index contributed by atoms with van der Waals surface area (Å²) in [7, 11) is 3.36. The second-order valence-electron chi connectivity index (χ2n) is 11.0. The Labute approximate surface area is 271 Å². The third kappa shape index (κ3) is 5.85. The molecule has 0 radical (unpaired) electrons. The first-order valence-electron chi connectivity index (χ1n) is 15.3. The molecule has 0 unspecified atom stereocenters. The van der Waals surface area contributed by atoms with Crippen LogP contribution >= 0.6 is 0 Å². The molecule has 0 N–H and O–H groups in total. The van der Waals surface area contributed by atoms with E-state index in [1.807, 2.05) is 61.0 Å². The van der Waals surface area contributed by atoms with Gasteiger partial charge in [-0.05, 0) is 57.6 Å². The van der Waals surface area contributed by atoms with Crippen LogP contribution in [0.1, 0.15) is 33.4 Å². The quantitative estimate of drug-likeness (QED) is 0.0846. The number of benzene rings is 6. The molecule has 0 fully saturated rings. The van der Waals surface area contributed by atoms with E-state index < -0.39 is 10.8 Å². The fraction of sp³-hybridized carbons (Fsp3) is 0.0952. The molecule has 0 bridgehead atoms. The Morgan fingerprint density at radius 3 is 0.826 bits per heavy atom. The van der Waals surface area contributed by atoms with Gasteiger partial charge in [0, 0.05) is 12.4 Å². The van der Waals surface area contributed by atoms with Gasteiger partial charge in [-0.3, -0.25) is 0 Å². The first-order chi connectivity index (χ1) is 22.7. The molecule has 0 spiro atoms. The van der Waals surface area contributed by atoms with Crippen LogP contribution in [0.4, 0.5) is 0 Å². The Morgan fingerprint density at radius 1 is 0.348 bits per heavy atom. The van der Waals surface area contributed by atoms with Gasteiger partial charge in [-0.15, -0.1) is 0 Å². The number of rotatable bonds is 11. The standard InChI is InChI=1S/C42H36N2O2/c1-45-39-27-23-37(24-28-39)41(33-15-7-3-8-16-33,34-17-9-4-10-18-34)31-43-44-32-42(35-19-11-5-12-20-35,36-21-13-6-14-22-36)38-25-29-40(46-2)30-26-38/h3-32H,1-2H3/b43-31-,44-32-. The van der Waals surface area contributed by atoms with Crippen molar-refractivity contribution in [1.82, 2.24) is 0 Å². The maximum Gasteiger partial charge on any atom is 0.118 e. The predicted octanol–water partition coefficient (Wildman–Crippen LogP) is 9.13. The van der Waals surface area contributed by atoms with Gasteiger partial charge in [0.2, 0.25) is 0 Å². The van der Waals surface area contributed by atoms with Gasteiger partial charge in [0.1, 0.15) is 11.5 Å². The second-order valence-corrected chi connectivity index (χ2v) is 11.0. The SMILES string of the molecule is COc1ccc(C(/C=N\N=C/C(c2ccccc2)(c2ccccc2)c2ccc(OC)cc2)(c2ccccc2)c2ccccc2)cc1. The first kappa shape index (κ1) is 30.3. The summed E-state index contributed by atoms with van der Waals surface area (Å²) in [4.78, 5) is 0. The maximum absolute atomic E-state index is 5.50. The predicted molar refractivity (Wildman–Crippen MR) is 189 cm³/mol. The van der Waals surface area contributed by atoms with Crippen molar-refractivity contribution in [3.05, 3.63) is 203 Å². The Morgan fingerprint density at radius 2 is 0.587 bits per heavy atom. The summed E-state index contributed by atoms with van der Waals surface area (Å²) in [6.07, 6.45) is 3.93. The molecule has 0 aliphatic rings. The zero-order valence-electron chi connectivity index (χ0n) is 26.0. The topological polar surface area (TPSA) is 43.2 Å². The van der Waals surface area contributed by atoms with Crippen molar-refractivity contribution in [2.24, 2.45) is 10.2 Å². The van der Waals surface area contributed by atoms with Gasteiger partial charge in [0.15, 0.2) is 0 Å². The summed E-state index contributed by atoms with van der Waals surface area (Å²) in [5.41, 5.74) is 5.00. The molecule has 4 nitrogen and oxygen atoms in total. The smallest absolute Gasteiger partial charge is 0.118 e. The Bertz CT molecular complexity index is 1650. The third-order valence-electron chi connectivity index (χ3n) is 8.58. The second kappa shape index (κ2) is 13.9. The van der Waals surface area contributed by atoms with E-state index in [-0.39, 0.29) is 0 Å². The molecule has 0 aliphatic heterocycles. The Hall–Kier alpha value is -5.74. The van der Waals surface area contributed by atoms with E-state index in [1.165, 1.54) is 0 Å². The lowest BCUT2D eigenvalue weighted by Gasteiger charge is -2.33. The van der Waals surface area contributed by atoms with Crippen molar-refractivity contribution in [3.8, 4) is 11.5 Å². The molecule has 6 aromatic rings. The molecule has 226 valence electrons. The molecule has 6 rings (SSSR count). The van der Waals surface area contributed by atoms with Gasteiger partial charge >= 0.3 is 0 Å². The van der Waals surface area contributed by atoms with Crippen LogP contribution in [-0.4, -0.2) is 26.6 Å². The number of hydrogen-bond acceptors (Lipinski definition) is 4. The maximum atomic E-state index is 5.50. The van der Waals surface area contributed by atoms with Gasteiger partial charge in [0.25, 0.3) is 0 Å². The minimum Gasteiger partial charge on any atom is -0.497 e. The van der Waals surface area contributed by atoms with E-state index in [0.29, 0.717) is 0 Å². The monoisotopic (exact) mass is 600 g/mol. The van der Waals surface area contributed by atoms with Crippen LogP contribution in [0.25, 0.3) is 0 Å². The Balaban J connectivity index is 1.56. The number of ether oxygens (including phenoxy) is 2. The summed E-state index contributed by atoms with van der Waals surface area (Å²) in [6.45, 7) is 0. The average Bonchev–Trinajstić information content (AvgIpc) is 3.15. The van der Waals surface area contributed by atoms with E-state index >= 15 is 0 Å². The van der Waals surface area contributed by atoms with Crippen molar-refractivity contribution in [2.75, 3.05) is 14.2 Å². The molecular weight excluding hydrogens is 564 g/mol. The molecule has 46 heavy (non-hydrogen) atoms. The highest BCUT2D eigenvalue weighted by atomic mass is 16.5. The number of methoxy groups -OCH3 is 2. The summed E-state index contributed by atoms with van der Waals surface area (Å²) < 4.78 is 11.0. The lowest BCUT2D eigenvalue weighted by Crippen LogP contribution is -2.32. The zero-order valence-corrected chi connectivity index (χ0v) is 26.0. The zero-order chi connectivity index (χ0) is 31.7. The van der Waals surface area contributed by atoms with E-state index in [0.717, 1.165) is 44.9 Å². The minimum absolute atomic E-state index is 0.714. The summed E-state index contributed by atoms with van der Waals surface area (Å²) in [5.74, 6) is 1.59. The van der Waals surface area contributed by atoms with Gasteiger partial charge in [-0.2, -0.15) is 10.2 Å². The van der Waals surface area contributed by atoms with Crippen LogP contribution in [0.5, 0.6) is 11.5 Å². The normalized spacial score (nSPS) is 12.0. The molecule has 6 aromatic carbocycles. The van der Waals surface area contributed by atoms with Crippen molar-refractivity contribution in [2.45, 2.75) is 10.8 Å². The molecule has 0 aromatic heterocycles. The summed E-state index contributed by atoms with van der Waals surface area (Å²) in [6, 6.07) is 58.1. The average molecular weight is 601 g/mol. The molecule has 0 aliphatic carbocycles. The lowest BCUT2D eigenvalue weighted by molar-refractivity contribution is 0.414. The number of nitrogens with zero attached hydrogens (tertiary/aromatic N) is 2. The van der Waals surface area contributed by atoms with E-state index in [2.05, 4.69) is 121 Å². The largest absolute Gasteiger partial charge is 0.497 e. The van der Waals surface area contributed by atoms with Crippen molar-refractivity contribution in [3.63, 3.8) is 0 Å². The molecule has 4 heteroatoms. The molecule has 0 heterocycles. The van der Waals surface area contributed by atoms with Crippen LogP contribution in [0, 0.1) is 0 Å². The summed E-state index contributed by atoms with van der Waals surface area (Å²) in [5, 5.41) is 9.80. The van der Waals surface area contributed by atoms with Crippen molar-refractivity contribution in [1.29, 1.82) is 0 Å². The van der Waals surface area contributed by atoms with E-state index in [4.69, 9.17) is 19.7 Å². The summed E-state index contributed by atoms with van der Waals surface area (Å²) >= 11 is 0. The third-order valence-corrected chi connectivity index (χ3v) is 8.58. The minimum atomic E-state index is -0.714. The fourth-order valence-electron chi connectivity index (χ4n) is 6.20. The van der Waals surface area contributed by atoms with Gasteiger partial charge < -0.3 is 9.47 Å². The highest BCUT2D eigenvalue weighted by Crippen LogP contribution is 2.40. The van der Waals surface area contributed by atoms with Crippen LogP contribution in [-0.2, 0) is 10.8 Å². The molecule has 0 saturated heterocycles. The molecular formula is C42H36N2O2. The first-order valence-corrected chi connectivity index (χ1v) is 15.3. The van der Waals surface area contributed by atoms with Crippen molar-refractivity contribution < 1.29 is 9.47 Å². The fourth-order valence-corrected chi connectivity index (χ4v) is 6.20. The molecule has 0 saturated carbocycles. The molecule has 0 atom stereocenters. The molecule has 0 amide bonds. The van der Waals surface area contributed by atoms with Crippen LogP contribution in [0.2, 0.25) is 0 Å². The Kier molecular flexibility index (Phi) is 9.17. The highest BCUT2D eigenvalue weighted by molar-refractivity contribution is 5.87. The van der Waals surface area contributed by atoms with Crippen LogP contribution in [0.15, 0.2) is 180 Å². The van der Waals surface area contributed by atoms with Gasteiger partial charge in [-0.1, -0.05) is 146 Å². The van der Waals surface area contributed by atoms with Gasteiger partial charge in [-0.25, -0.2) is 0 Å². The van der Waals surface area contributed by atoms with Crippen LogP contribution < -0.4 is 9.47 Å². The van der Waals surface area contributed by atoms with Crippen LogP contribution in [0.3, 0.4) is 0 Å². The van der Waals surface area contributed by atoms with E-state index in [1.54, 1.807) is 14.2 Å². The number of hydrogen-bond donors (Lipinski definition) is 0. The van der Waals surface area contributed by atoms with Gasteiger partial charge in [0.05, 0.1) is 25.0 Å². The highest BCUT2D eigenvalue weighted by Gasteiger charge is 2.37. The van der Waals surface area contributed by atoms with E-state index in [9.17, 15) is 0 Å². The lowest BCUT2D eigenvalue weighted by atomic mass is 9.70. The van der Waals surface area contributed by atoms with Crippen molar-refractivity contribution >= 4 is 12.4 Å².